The molecule has 7 nitrogen and oxygen atoms in total. The van der Waals surface area contributed by atoms with Gasteiger partial charge in [-0.05, 0) is 283 Å². The summed E-state index contributed by atoms with van der Waals surface area (Å²) < 4.78 is 25.9. The monoisotopic (exact) mass is 1880 g/mol. The van der Waals surface area contributed by atoms with Crippen molar-refractivity contribution in [2.75, 3.05) is 35.8 Å². The molecule has 0 amide bonds. The van der Waals surface area contributed by atoms with Crippen molar-refractivity contribution in [1.29, 1.82) is 0 Å². The Morgan fingerprint density at radius 3 is 0.450 bits per heavy atom. The first-order valence-electron chi connectivity index (χ1n) is 51.1. The Morgan fingerprint density at radius 2 is 0.293 bits per heavy atom. The van der Waals surface area contributed by atoms with Gasteiger partial charge in [0.25, 0.3) is 0 Å². The number of benzene rings is 15. The minimum absolute atomic E-state index is 0.0335. The van der Waals surface area contributed by atoms with Gasteiger partial charge in [-0.3, -0.25) is 0 Å². The zero-order valence-electron chi connectivity index (χ0n) is 95.4. The van der Waals surface area contributed by atoms with Crippen LogP contribution in [0.2, 0.25) is 0 Å². The third-order valence-corrected chi connectivity index (χ3v) is 25.6. The van der Waals surface area contributed by atoms with Gasteiger partial charge in [-0.2, -0.15) is 0 Å². The molecule has 750 valence electrons. The van der Waals surface area contributed by atoms with E-state index < -0.39 is 0 Å². The van der Waals surface area contributed by atoms with Crippen LogP contribution >= 0.6 is 0 Å². The lowest BCUT2D eigenvalue weighted by atomic mass is 9.84. The summed E-state index contributed by atoms with van der Waals surface area (Å²) in [4.78, 5) is 7.06. The maximum absolute atomic E-state index is 6.48. The average molecular weight is 1880 g/mol. The topological polar surface area (TPSA) is 46.6 Å². The van der Waals surface area contributed by atoms with E-state index in [1.165, 1.54) is 142 Å². The highest BCUT2D eigenvalue weighted by Crippen LogP contribution is 2.49. The third-order valence-electron chi connectivity index (χ3n) is 25.6. The molecular formula is C133H179N3O4. The zero-order chi connectivity index (χ0) is 105. The molecule has 0 heterocycles. The van der Waals surface area contributed by atoms with Gasteiger partial charge in [0, 0.05) is 98.6 Å². The minimum atomic E-state index is -0.231. The van der Waals surface area contributed by atoms with Gasteiger partial charge in [0.1, 0.15) is 45.4 Å². The van der Waals surface area contributed by atoms with E-state index in [1.54, 1.807) is 0 Å². The molecule has 0 spiro atoms. The van der Waals surface area contributed by atoms with Crippen molar-refractivity contribution in [3.8, 4) is 23.0 Å². The van der Waals surface area contributed by atoms with Crippen LogP contribution in [0.1, 0.15) is 330 Å². The highest BCUT2D eigenvalue weighted by molar-refractivity contribution is 6.14. The summed E-state index contributed by atoms with van der Waals surface area (Å²) in [7, 11) is 6.51. The molecule has 0 saturated carbocycles. The van der Waals surface area contributed by atoms with Crippen LogP contribution in [0.3, 0.4) is 0 Å². The summed E-state index contributed by atoms with van der Waals surface area (Å²) in [6.07, 6.45) is 0. The van der Waals surface area contributed by atoms with Crippen LogP contribution in [0.4, 0.5) is 17.1 Å². The molecule has 7 heteroatoms. The van der Waals surface area contributed by atoms with Crippen LogP contribution in [-0.2, 0) is 37.9 Å². The fraction of sp³-hybridized carbons (Fsp3) is 0.444. The van der Waals surface area contributed by atoms with E-state index in [1.807, 2.05) is 0 Å². The van der Waals surface area contributed by atoms with Crippen LogP contribution < -0.4 is 33.6 Å². The van der Waals surface area contributed by atoms with Crippen molar-refractivity contribution in [3.63, 3.8) is 0 Å². The molecule has 0 aliphatic rings. The Bertz CT molecular complexity index is 5960. The largest absolute Gasteiger partial charge is 0.487 e. The number of fused-ring (bicyclic) bond motifs is 12. The van der Waals surface area contributed by atoms with Crippen molar-refractivity contribution in [2.45, 2.75) is 368 Å². The van der Waals surface area contributed by atoms with Gasteiger partial charge in [-0.1, -0.05) is 394 Å². The SMILES string of the molecule is CC(C)(C)Oc1c(C(C)(C)C)ccc2ccc3ccccc3c12.CC(C)(C)Oc1c(C(C)(C)C)ccc2ccc3ccccc3c12.CC(C)(C)Oc1c(C(C)(C)C)ccc2ccc3ccccc3c12.CC(C)(C)Oc1c(C(C)(C)C)ccc2ccc3ccccc3c12.CN(c1ccccc1C(C)(C)C)C(C)(C)C.CN(c1ccccc1C(C)(C)C)C(C)(C)C.CN(c1ccccc1C(C)(C)C)C(C)(C)C. The van der Waals surface area contributed by atoms with Crippen LogP contribution in [0.15, 0.2) is 267 Å². The lowest BCUT2D eigenvalue weighted by Crippen LogP contribution is -2.39. The van der Waals surface area contributed by atoms with Gasteiger partial charge in [0.05, 0.1) is 0 Å². The van der Waals surface area contributed by atoms with Gasteiger partial charge < -0.3 is 33.6 Å². The van der Waals surface area contributed by atoms with Crippen molar-refractivity contribution >= 4 is 103 Å². The normalized spacial score (nSPS) is 12.8. The highest BCUT2D eigenvalue weighted by Gasteiger charge is 2.34. The van der Waals surface area contributed by atoms with Gasteiger partial charge in [-0.15, -0.1) is 0 Å². The molecule has 140 heavy (non-hydrogen) atoms. The maximum atomic E-state index is 6.48. The van der Waals surface area contributed by atoms with Crippen molar-refractivity contribution in [2.24, 2.45) is 0 Å². The van der Waals surface area contributed by atoms with Gasteiger partial charge in [0.2, 0.25) is 0 Å². The first-order chi connectivity index (χ1) is 64.1. The first-order valence-corrected chi connectivity index (χ1v) is 51.1. The van der Waals surface area contributed by atoms with E-state index in [9.17, 15) is 0 Å². The second-order valence-electron chi connectivity index (χ2n) is 52.7. The Balaban J connectivity index is 0.000000184. The Morgan fingerprint density at radius 1 is 0.150 bits per heavy atom. The second kappa shape index (κ2) is 42.6. The average Bonchev–Trinajstić information content (AvgIpc) is 0.763. The van der Waals surface area contributed by atoms with Crippen molar-refractivity contribution in [3.05, 3.63) is 306 Å². The van der Waals surface area contributed by atoms with E-state index in [-0.39, 0.29) is 76.9 Å². The number of nitrogens with zero attached hydrogens (tertiary/aromatic N) is 3. The smallest absolute Gasteiger partial charge is 0.132 e. The van der Waals surface area contributed by atoms with Crippen LogP contribution in [0.25, 0.3) is 86.2 Å². The summed E-state index contributed by atoms with van der Waals surface area (Å²) in [5.74, 6) is 4.11. The van der Waals surface area contributed by atoms with Gasteiger partial charge >= 0.3 is 0 Å². The Labute approximate surface area is 849 Å². The number of ether oxygens (including phenoxy) is 4. The molecule has 0 N–H and O–H groups in total. The molecule has 0 aliphatic carbocycles. The summed E-state index contributed by atoms with van der Waals surface area (Å²) >= 11 is 0. The van der Waals surface area contributed by atoms with Crippen LogP contribution in [0.5, 0.6) is 23.0 Å². The lowest BCUT2D eigenvalue weighted by Gasteiger charge is -2.37. The van der Waals surface area contributed by atoms with E-state index >= 15 is 0 Å². The molecule has 0 bridgehead atoms. The van der Waals surface area contributed by atoms with Gasteiger partial charge in [-0.25, -0.2) is 0 Å². The molecule has 15 aromatic carbocycles. The summed E-state index contributed by atoms with van der Waals surface area (Å²) in [5, 5.41) is 19.9. The predicted molar refractivity (Wildman–Crippen MR) is 622 cm³/mol. The minimum Gasteiger partial charge on any atom is -0.487 e. The van der Waals surface area contributed by atoms with Gasteiger partial charge in [0.15, 0.2) is 0 Å². The van der Waals surface area contributed by atoms with E-state index in [0.717, 1.165) is 23.0 Å². The number of rotatable bonds is 7. The molecule has 0 fully saturated rings. The fourth-order valence-electron chi connectivity index (χ4n) is 17.6. The van der Waals surface area contributed by atoms with Crippen LogP contribution in [-0.4, -0.2) is 60.2 Å². The molecule has 15 aromatic rings. The molecule has 0 saturated heterocycles. The fourth-order valence-corrected chi connectivity index (χ4v) is 17.6. The molecule has 0 radical (unpaired) electrons. The number of para-hydroxylation sites is 3. The molecule has 15 rings (SSSR count). The summed E-state index contributed by atoms with van der Waals surface area (Å²) in [6, 6.07) is 95.6. The quantitative estimate of drug-likeness (QED) is 0.147. The Hall–Kier alpha value is -11.0. The predicted octanol–water partition coefficient (Wildman–Crippen LogP) is 38.5. The van der Waals surface area contributed by atoms with Crippen LogP contribution in [0, 0.1) is 0 Å². The number of hydrogen-bond donors (Lipinski definition) is 0. The summed E-state index contributed by atoms with van der Waals surface area (Å²) in [6.45, 7) is 92.9. The zero-order valence-corrected chi connectivity index (χ0v) is 95.4. The standard InChI is InChI=1S/4C22H26O.3C15H25N/c4*1-21(2,3)18-14-13-16-12-11-15-9-7-8-10-17(15)19(16)20(18)23-22(4,5)6;3*1-14(2,3)12-10-8-9-11-13(12)16(7)15(4,5)6/h4*7-14H,1-6H3;3*8-11H,1-7H3. The second-order valence-corrected chi connectivity index (χ2v) is 52.7. The molecule has 0 atom stereocenters. The first kappa shape index (κ1) is 113. The molecular weight excluding hydrogens is 1700 g/mol. The molecule has 0 unspecified atom stereocenters. The molecule has 0 aliphatic heterocycles. The van der Waals surface area contributed by atoms with E-state index in [4.69, 9.17) is 18.9 Å². The highest BCUT2D eigenvalue weighted by atomic mass is 16.5. The third kappa shape index (κ3) is 29.4. The van der Waals surface area contributed by atoms with E-state index in [2.05, 4.69) is 594 Å². The lowest BCUT2D eigenvalue weighted by molar-refractivity contribution is 0.129. The van der Waals surface area contributed by atoms with Crippen molar-refractivity contribution in [1.82, 2.24) is 0 Å². The summed E-state index contributed by atoms with van der Waals surface area (Å²) in [5.41, 5.74) is 13.5. The molecule has 0 aromatic heterocycles. The maximum Gasteiger partial charge on any atom is 0.132 e. The van der Waals surface area contributed by atoms with Crippen molar-refractivity contribution < 1.29 is 18.9 Å². The number of anilines is 3. The van der Waals surface area contributed by atoms with E-state index in [0.29, 0.717) is 0 Å². The Kier molecular flexibility index (Phi) is 34.3. The number of hydrogen-bond acceptors (Lipinski definition) is 7.